The zero-order valence-corrected chi connectivity index (χ0v) is 9.51. The maximum Gasteiger partial charge on any atom is 0.120 e. The van der Waals surface area contributed by atoms with Gasteiger partial charge in [-0.3, -0.25) is 0 Å². The molecule has 0 heterocycles. The monoisotopic (exact) mass is 208 g/mol. The Hall–Kier alpha value is -0.760. The number of hydrogen-bond donors (Lipinski definition) is 0. The molecule has 0 aliphatic carbocycles. The lowest BCUT2D eigenvalue weighted by atomic mass is 10.1. The number of rotatable bonds is 5. The average molecular weight is 208 g/mol. The van der Waals surface area contributed by atoms with Gasteiger partial charge in [0.2, 0.25) is 0 Å². The number of carbonyl (C=O) groups excluding carboxylic acids is 1. The lowest BCUT2D eigenvalue weighted by Gasteiger charge is -2.05. The number of benzene rings is 1. The lowest BCUT2D eigenvalue weighted by molar-refractivity contribution is -0.107. The molecule has 0 aliphatic rings. The van der Waals surface area contributed by atoms with E-state index in [0.717, 1.165) is 12.7 Å². The molecule has 1 aromatic rings. The first-order valence-corrected chi connectivity index (χ1v) is 5.79. The topological polar surface area (TPSA) is 17.1 Å². The van der Waals surface area contributed by atoms with Gasteiger partial charge in [0.05, 0.1) is 0 Å². The maximum atomic E-state index is 10.2. The highest BCUT2D eigenvalue weighted by Gasteiger charge is 1.98. The Morgan fingerprint density at radius 2 is 1.93 bits per heavy atom. The van der Waals surface area contributed by atoms with Crippen LogP contribution in [0.15, 0.2) is 29.2 Å². The molecule has 0 amide bonds. The summed E-state index contributed by atoms with van der Waals surface area (Å²) < 4.78 is 0. The summed E-state index contributed by atoms with van der Waals surface area (Å²) in [7, 11) is 0. The highest BCUT2D eigenvalue weighted by atomic mass is 32.2. The maximum absolute atomic E-state index is 10.2. The van der Waals surface area contributed by atoms with Gasteiger partial charge in [-0.25, -0.2) is 0 Å². The first kappa shape index (κ1) is 11.3. The van der Waals surface area contributed by atoms with Crippen molar-refractivity contribution in [3.8, 4) is 0 Å². The molecule has 0 saturated carbocycles. The molecule has 0 fully saturated rings. The van der Waals surface area contributed by atoms with Crippen LogP contribution in [0.5, 0.6) is 0 Å². The number of hydrogen-bond acceptors (Lipinski definition) is 2. The van der Waals surface area contributed by atoms with E-state index in [0.29, 0.717) is 11.7 Å². The van der Waals surface area contributed by atoms with Gasteiger partial charge in [-0.1, -0.05) is 26.0 Å². The molecule has 0 spiro atoms. The predicted molar refractivity (Wildman–Crippen MR) is 61.8 cm³/mol. The summed E-state index contributed by atoms with van der Waals surface area (Å²) in [6, 6.07) is 8.47. The smallest absolute Gasteiger partial charge is 0.120 e. The minimum absolute atomic E-state index is 0.621. The summed E-state index contributed by atoms with van der Waals surface area (Å²) in [4.78, 5) is 11.5. The zero-order chi connectivity index (χ0) is 10.4. The normalized spacial score (nSPS) is 10.5. The molecule has 1 aromatic carbocycles. The third-order valence-electron chi connectivity index (χ3n) is 1.85. The van der Waals surface area contributed by atoms with Gasteiger partial charge in [-0.05, 0) is 24.1 Å². The largest absolute Gasteiger partial charge is 0.303 e. The number of aldehydes is 1. The van der Waals surface area contributed by atoms with Crippen LogP contribution in [0.2, 0.25) is 0 Å². The van der Waals surface area contributed by atoms with E-state index in [1.165, 1.54) is 10.5 Å². The molecule has 1 nitrogen and oxygen atoms in total. The van der Waals surface area contributed by atoms with Crippen LogP contribution < -0.4 is 0 Å². The van der Waals surface area contributed by atoms with Crippen LogP contribution in [0, 0.1) is 0 Å². The molecule has 0 N–H and O–H groups in total. The highest BCUT2D eigenvalue weighted by molar-refractivity contribution is 7.99. The Labute approximate surface area is 89.9 Å². The Balaban J connectivity index is 2.54. The molecule has 0 aliphatic heterocycles. The van der Waals surface area contributed by atoms with Gasteiger partial charge in [-0.2, -0.15) is 0 Å². The summed E-state index contributed by atoms with van der Waals surface area (Å²) >= 11 is 1.86. The molecular formula is C12H16OS. The Morgan fingerprint density at radius 3 is 2.43 bits per heavy atom. The van der Waals surface area contributed by atoms with Crippen LogP contribution in [0.1, 0.15) is 25.8 Å². The van der Waals surface area contributed by atoms with Crippen LogP contribution in [-0.2, 0) is 11.2 Å². The second-order valence-corrected chi connectivity index (χ2v) is 5.17. The van der Waals surface area contributed by atoms with Crippen molar-refractivity contribution in [1.82, 2.24) is 0 Å². The average Bonchev–Trinajstić information content (AvgIpc) is 2.16. The SMILES string of the molecule is CC(C)Sc1ccc(CCC=O)cc1. The van der Waals surface area contributed by atoms with E-state index < -0.39 is 0 Å². The van der Waals surface area contributed by atoms with Gasteiger partial charge in [-0.15, -0.1) is 11.8 Å². The molecule has 1 rings (SSSR count). The summed E-state index contributed by atoms with van der Waals surface area (Å²) in [5.74, 6) is 0. The molecule has 2 heteroatoms. The molecule has 0 atom stereocenters. The summed E-state index contributed by atoms with van der Waals surface area (Å²) in [5.41, 5.74) is 1.24. The standard InChI is InChI=1S/C12H16OS/c1-10(2)14-12-7-5-11(6-8-12)4-3-9-13/h5-10H,3-4H2,1-2H3. The van der Waals surface area contributed by atoms with E-state index >= 15 is 0 Å². The van der Waals surface area contributed by atoms with Crippen LogP contribution >= 0.6 is 11.8 Å². The summed E-state index contributed by atoms with van der Waals surface area (Å²) in [6.45, 7) is 4.37. The molecule has 0 unspecified atom stereocenters. The van der Waals surface area contributed by atoms with Crippen molar-refractivity contribution in [3.63, 3.8) is 0 Å². The number of carbonyl (C=O) groups is 1. The minimum Gasteiger partial charge on any atom is -0.303 e. The van der Waals surface area contributed by atoms with Crippen molar-refractivity contribution >= 4 is 18.0 Å². The predicted octanol–water partition coefficient (Wildman–Crippen LogP) is 3.32. The lowest BCUT2D eigenvalue weighted by Crippen LogP contribution is -1.88. The van der Waals surface area contributed by atoms with E-state index in [1.54, 1.807) is 0 Å². The fourth-order valence-corrected chi connectivity index (χ4v) is 2.07. The van der Waals surface area contributed by atoms with E-state index in [1.807, 2.05) is 11.8 Å². The Kier molecular flexibility index (Phi) is 4.74. The molecule has 76 valence electrons. The molecule has 0 radical (unpaired) electrons. The zero-order valence-electron chi connectivity index (χ0n) is 8.69. The van der Waals surface area contributed by atoms with E-state index in [9.17, 15) is 4.79 Å². The van der Waals surface area contributed by atoms with Crippen molar-refractivity contribution in [2.75, 3.05) is 0 Å². The molecular weight excluding hydrogens is 192 g/mol. The minimum atomic E-state index is 0.621. The molecule has 0 aromatic heterocycles. The third kappa shape index (κ3) is 3.97. The van der Waals surface area contributed by atoms with Gasteiger partial charge in [0.1, 0.15) is 6.29 Å². The van der Waals surface area contributed by atoms with Crippen molar-refractivity contribution in [2.24, 2.45) is 0 Å². The Morgan fingerprint density at radius 1 is 1.29 bits per heavy atom. The second-order valence-electron chi connectivity index (χ2n) is 3.52. The number of thioether (sulfide) groups is 1. The fourth-order valence-electron chi connectivity index (χ4n) is 1.23. The quantitative estimate of drug-likeness (QED) is 0.545. The van der Waals surface area contributed by atoms with Crippen LogP contribution in [0.25, 0.3) is 0 Å². The fraction of sp³-hybridized carbons (Fsp3) is 0.417. The highest BCUT2D eigenvalue weighted by Crippen LogP contribution is 2.22. The Bertz CT molecular complexity index is 277. The molecule has 14 heavy (non-hydrogen) atoms. The second kappa shape index (κ2) is 5.86. The third-order valence-corrected chi connectivity index (χ3v) is 2.86. The van der Waals surface area contributed by atoms with Crippen LogP contribution in [-0.4, -0.2) is 11.5 Å². The van der Waals surface area contributed by atoms with Gasteiger partial charge in [0.25, 0.3) is 0 Å². The molecule has 0 bridgehead atoms. The first-order chi connectivity index (χ1) is 6.72. The van der Waals surface area contributed by atoms with Gasteiger partial charge in [0, 0.05) is 16.6 Å². The van der Waals surface area contributed by atoms with E-state index in [4.69, 9.17) is 0 Å². The number of aryl methyl sites for hydroxylation is 1. The van der Waals surface area contributed by atoms with Crippen LogP contribution in [0.4, 0.5) is 0 Å². The van der Waals surface area contributed by atoms with Crippen molar-refractivity contribution in [2.45, 2.75) is 36.8 Å². The van der Waals surface area contributed by atoms with E-state index in [-0.39, 0.29) is 0 Å². The molecule has 0 saturated heterocycles. The van der Waals surface area contributed by atoms with Crippen LogP contribution in [0.3, 0.4) is 0 Å². The van der Waals surface area contributed by atoms with Gasteiger partial charge in [0.15, 0.2) is 0 Å². The van der Waals surface area contributed by atoms with Crippen molar-refractivity contribution < 1.29 is 4.79 Å². The summed E-state index contributed by atoms with van der Waals surface area (Å²) in [6.07, 6.45) is 2.45. The van der Waals surface area contributed by atoms with Crippen molar-refractivity contribution in [1.29, 1.82) is 0 Å². The van der Waals surface area contributed by atoms with Gasteiger partial charge >= 0.3 is 0 Å². The van der Waals surface area contributed by atoms with E-state index in [2.05, 4.69) is 38.1 Å². The summed E-state index contributed by atoms with van der Waals surface area (Å²) in [5, 5.41) is 0.621. The van der Waals surface area contributed by atoms with Crippen molar-refractivity contribution in [3.05, 3.63) is 29.8 Å². The van der Waals surface area contributed by atoms with Gasteiger partial charge < -0.3 is 4.79 Å². The first-order valence-electron chi connectivity index (χ1n) is 4.91.